The fraction of sp³-hybridized carbons (Fsp3) is 0.806. The van der Waals surface area contributed by atoms with Gasteiger partial charge in [0.2, 0.25) is 0 Å². The molecular formula is C36H68O5Si2. The predicted octanol–water partition coefficient (Wildman–Crippen LogP) is 10.1. The molecule has 0 aliphatic carbocycles. The van der Waals surface area contributed by atoms with E-state index in [4.69, 9.17) is 13.6 Å². The van der Waals surface area contributed by atoms with Crippen LogP contribution in [0.5, 0.6) is 0 Å². The van der Waals surface area contributed by atoms with Gasteiger partial charge in [-0.1, -0.05) is 98.6 Å². The molecule has 0 aliphatic rings. The summed E-state index contributed by atoms with van der Waals surface area (Å²) < 4.78 is 20.1. The second-order valence-electron chi connectivity index (χ2n) is 15.9. The van der Waals surface area contributed by atoms with Crippen LogP contribution in [0.15, 0.2) is 30.3 Å². The zero-order valence-corrected chi connectivity index (χ0v) is 32.1. The molecule has 250 valence electrons. The van der Waals surface area contributed by atoms with Gasteiger partial charge in [0.1, 0.15) is 5.78 Å². The first-order valence-electron chi connectivity index (χ1n) is 17.0. The standard InChI is InChI=1S/C36H68O5Si2/c1-13-14-19-29(2)34(38)26-31(37)22-18-23-33(41-43(11,12)36(6,7)8)27-32(39-28-30-20-16-15-17-21-30)24-25-40-42(9,10)35(3,4)5/h15-17,20-21,29,32-34,38H,13-14,18-19,22-28H2,1-12H3/t29-,32-,33-,34-/m0/s1. The Labute approximate surface area is 268 Å². The van der Waals surface area contributed by atoms with E-state index in [1.807, 2.05) is 6.07 Å². The minimum Gasteiger partial charge on any atom is -0.417 e. The monoisotopic (exact) mass is 636 g/mol. The third-order valence-electron chi connectivity index (χ3n) is 9.92. The average Bonchev–Trinajstić information content (AvgIpc) is 2.89. The van der Waals surface area contributed by atoms with Gasteiger partial charge in [-0.2, -0.15) is 0 Å². The normalized spacial score (nSPS) is 16.1. The van der Waals surface area contributed by atoms with E-state index in [1.54, 1.807) is 0 Å². The Kier molecular flexibility index (Phi) is 17.1. The Balaban J connectivity index is 2.98. The van der Waals surface area contributed by atoms with Crippen molar-refractivity contribution in [1.82, 2.24) is 0 Å². The van der Waals surface area contributed by atoms with E-state index in [0.717, 1.165) is 50.5 Å². The molecule has 4 atom stereocenters. The Morgan fingerprint density at radius 2 is 1.47 bits per heavy atom. The van der Waals surface area contributed by atoms with Gasteiger partial charge in [-0.3, -0.25) is 4.79 Å². The topological polar surface area (TPSA) is 65.0 Å². The summed E-state index contributed by atoms with van der Waals surface area (Å²) in [5, 5.41) is 10.8. The number of Topliss-reactive ketones (excluding diaryl/α,β-unsaturated/α-hetero) is 1. The van der Waals surface area contributed by atoms with Gasteiger partial charge in [-0.25, -0.2) is 0 Å². The molecule has 0 spiro atoms. The number of hydrogen-bond acceptors (Lipinski definition) is 5. The molecule has 0 heterocycles. The molecule has 7 heteroatoms. The number of aliphatic hydroxyl groups is 1. The molecule has 5 nitrogen and oxygen atoms in total. The Hall–Kier alpha value is -0.836. The highest BCUT2D eigenvalue weighted by atomic mass is 28.4. The minimum absolute atomic E-state index is 0.00307. The summed E-state index contributed by atoms with van der Waals surface area (Å²) in [4.78, 5) is 12.8. The summed E-state index contributed by atoms with van der Waals surface area (Å²) in [6, 6.07) is 10.3. The van der Waals surface area contributed by atoms with Crippen molar-refractivity contribution in [2.45, 2.75) is 174 Å². The quantitative estimate of drug-likeness (QED) is 0.136. The summed E-state index contributed by atoms with van der Waals surface area (Å²) in [5.74, 6) is 0.316. The molecule has 0 fully saturated rings. The van der Waals surface area contributed by atoms with Crippen LogP contribution in [0.4, 0.5) is 0 Å². The molecule has 0 saturated heterocycles. The van der Waals surface area contributed by atoms with Crippen LogP contribution >= 0.6 is 0 Å². The summed E-state index contributed by atoms with van der Waals surface area (Å²) in [6.07, 6.45) is 6.55. The van der Waals surface area contributed by atoms with Crippen LogP contribution < -0.4 is 0 Å². The maximum absolute atomic E-state index is 12.8. The van der Waals surface area contributed by atoms with Crippen LogP contribution in [-0.4, -0.2) is 52.4 Å². The largest absolute Gasteiger partial charge is 0.417 e. The molecule has 1 aromatic carbocycles. The summed E-state index contributed by atoms with van der Waals surface area (Å²) >= 11 is 0. The molecule has 0 saturated carbocycles. The fourth-order valence-electron chi connectivity index (χ4n) is 4.61. The lowest BCUT2D eigenvalue weighted by Gasteiger charge is -2.40. The van der Waals surface area contributed by atoms with E-state index in [9.17, 15) is 9.90 Å². The Morgan fingerprint density at radius 1 is 0.860 bits per heavy atom. The maximum atomic E-state index is 12.8. The first-order chi connectivity index (χ1) is 19.8. The van der Waals surface area contributed by atoms with Crippen molar-refractivity contribution in [3.8, 4) is 0 Å². The highest BCUT2D eigenvalue weighted by Crippen LogP contribution is 2.39. The van der Waals surface area contributed by atoms with E-state index >= 15 is 0 Å². The zero-order chi connectivity index (χ0) is 32.9. The number of aliphatic hydroxyl groups excluding tert-OH is 1. The van der Waals surface area contributed by atoms with Crippen molar-refractivity contribution in [1.29, 1.82) is 0 Å². The molecule has 1 N–H and O–H groups in total. The van der Waals surface area contributed by atoms with E-state index in [2.05, 4.69) is 106 Å². The molecule has 1 rings (SSSR count). The van der Waals surface area contributed by atoms with Gasteiger partial charge in [-0.15, -0.1) is 0 Å². The van der Waals surface area contributed by atoms with Gasteiger partial charge in [0.05, 0.1) is 18.8 Å². The van der Waals surface area contributed by atoms with Crippen molar-refractivity contribution in [2.24, 2.45) is 5.92 Å². The summed E-state index contributed by atoms with van der Waals surface area (Å²) in [6.45, 7) is 28.3. The van der Waals surface area contributed by atoms with Crippen LogP contribution in [0.3, 0.4) is 0 Å². The third kappa shape index (κ3) is 15.3. The van der Waals surface area contributed by atoms with Crippen LogP contribution in [0.2, 0.25) is 36.3 Å². The summed E-state index contributed by atoms with van der Waals surface area (Å²) in [5.41, 5.74) is 1.16. The third-order valence-corrected chi connectivity index (χ3v) is 19.0. The van der Waals surface area contributed by atoms with Gasteiger partial charge in [0, 0.05) is 25.6 Å². The van der Waals surface area contributed by atoms with E-state index in [-0.39, 0.29) is 40.4 Å². The van der Waals surface area contributed by atoms with Gasteiger partial charge in [0.25, 0.3) is 0 Å². The minimum atomic E-state index is -2.04. The number of benzene rings is 1. The maximum Gasteiger partial charge on any atom is 0.192 e. The number of carbonyl (C=O) groups is 1. The first-order valence-corrected chi connectivity index (χ1v) is 22.8. The fourth-order valence-corrected chi connectivity index (χ4v) is 7.08. The van der Waals surface area contributed by atoms with Crippen molar-refractivity contribution >= 4 is 22.4 Å². The van der Waals surface area contributed by atoms with Gasteiger partial charge >= 0.3 is 0 Å². The Bertz CT molecular complexity index is 904. The average molecular weight is 637 g/mol. The van der Waals surface area contributed by atoms with Crippen molar-refractivity contribution in [3.05, 3.63) is 35.9 Å². The number of ether oxygens (including phenoxy) is 1. The lowest BCUT2D eigenvalue weighted by atomic mass is 9.93. The van der Waals surface area contributed by atoms with E-state index < -0.39 is 22.7 Å². The van der Waals surface area contributed by atoms with E-state index in [1.165, 1.54) is 0 Å². The first kappa shape index (κ1) is 40.2. The van der Waals surface area contributed by atoms with Crippen molar-refractivity contribution in [3.63, 3.8) is 0 Å². The molecule has 1 aromatic rings. The number of ketones is 1. The molecular weight excluding hydrogens is 569 g/mol. The lowest BCUT2D eigenvalue weighted by molar-refractivity contribution is -0.121. The number of carbonyl (C=O) groups excluding carboxylic acids is 1. The lowest BCUT2D eigenvalue weighted by Crippen LogP contribution is -2.45. The number of hydrogen-bond donors (Lipinski definition) is 1. The van der Waals surface area contributed by atoms with Crippen LogP contribution in [0, 0.1) is 5.92 Å². The molecule has 0 aliphatic heterocycles. The van der Waals surface area contributed by atoms with Gasteiger partial charge in [-0.05, 0) is 79.9 Å². The highest BCUT2D eigenvalue weighted by molar-refractivity contribution is 6.74. The zero-order valence-electron chi connectivity index (χ0n) is 30.1. The van der Waals surface area contributed by atoms with Crippen LogP contribution in [-0.2, 0) is 25.0 Å². The number of rotatable bonds is 21. The second kappa shape index (κ2) is 18.3. The molecule has 0 radical (unpaired) electrons. The SMILES string of the molecule is CCCC[C@H](C)[C@@H](O)CC(=O)CCC[C@@H](C[C@H](CCO[Si](C)(C)C(C)(C)C)OCc1ccccc1)O[Si](C)(C)C(C)(C)C. The smallest absolute Gasteiger partial charge is 0.192 e. The molecule has 43 heavy (non-hydrogen) atoms. The van der Waals surface area contributed by atoms with Crippen molar-refractivity contribution in [2.75, 3.05) is 6.61 Å². The number of unbranched alkanes of at least 4 members (excludes halogenated alkanes) is 1. The molecule has 0 unspecified atom stereocenters. The molecule has 0 aromatic heterocycles. The second-order valence-corrected chi connectivity index (χ2v) is 25.4. The van der Waals surface area contributed by atoms with Crippen LogP contribution in [0.1, 0.15) is 119 Å². The van der Waals surface area contributed by atoms with Crippen molar-refractivity contribution < 1.29 is 23.5 Å². The van der Waals surface area contributed by atoms with Gasteiger partial charge < -0.3 is 18.7 Å². The van der Waals surface area contributed by atoms with Crippen LogP contribution in [0.25, 0.3) is 0 Å². The highest BCUT2D eigenvalue weighted by Gasteiger charge is 2.40. The Morgan fingerprint density at radius 3 is 2.02 bits per heavy atom. The van der Waals surface area contributed by atoms with Gasteiger partial charge in [0.15, 0.2) is 16.6 Å². The van der Waals surface area contributed by atoms with E-state index in [0.29, 0.717) is 19.6 Å². The predicted molar refractivity (Wildman–Crippen MR) is 188 cm³/mol. The molecule has 0 bridgehead atoms. The molecule has 0 amide bonds. The summed E-state index contributed by atoms with van der Waals surface area (Å²) in [7, 11) is -3.91.